The predicted molar refractivity (Wildman–Crippen MR) is 140 cm³/mol. The van der Waals surface area contributed by atoms with Crippen LogP contribution in [0, 0.1) is 0 Å². The number of nitrogens with two attached hydrogens (primary N) is 1. The summed E-state index contributed by atoms with van der Waals surface area (Å²) in [6.45, 7) is 2.87. The standard InChI is InChI=1S/C29H25FN4O3/c1-18-26-25(16-35-18)34(28-27(26)32-17-33-29(28)31)21-10-12-22(13-11-21)37-24-7-3-6-23(14-24)36-15-19-4-2-5-20(30)9-8-19/h2-3,5-14,17-18H,4,15-16H2,1H3,(H2,31,32,33). The number of benzene rings is 2. The maximum Gasteiger partial charge on any atom is 0.151 e. The van der Waals surface area contributed by atoms with Crippen LogP contribution < -0.4 is 15.2 Å². The smallest absolute Gasteiger partial charge is 0.151 e. The highest BCUT2D eigenvalue weighted by Crippen LogP contribution is 2.41. The fourth-order valence-electron chi connectivity index (χ4n) is 4.70. The molecular formula is C29H25FN4O3. The van der Waals surface area contributed by atoms with E-state index < -0.39 is 0 Å². The SMILES string of the molecule is CC1OCc2c1c1ncnc(N)c1n2-c1ccc(Oc2cccc(OCC3=CC=C(F)C=CC3)c2)cc1. The molecule has 0 radical (unpaired) electrons. The van der Waals surface area contributed by atoms with E-state index in [0.29, 0.717) is 42.7 Å². The monoisotopic (exact) mass is 496 g/mol. The summed E-state index contributed by atoms with van der Waals surface area (Å²) in [5.74, 6) is 2.18. The van der Waals surface area contributed by atoms with Crippen molar-refractivity contribution < 1.29 is 18.6 Å². The van der Waals surface area contributed by atoms with Gasteiger partial charge in [-0.25, -0.2) is 14.4 Å². The molecule has 1 unspecified atom stereocenters. The Morgan fingerprint density at radius 3 is 2.78 bits per heavy atom. The van der Waals surface area contributed by atoms with E-state index >= 15 is 0 Å². The second-order valence-corrected chi connectivity index (χ2v) is 8.95. The molecule has 6 rings (SSSR count). The number of hydrogen-bond acceptors (Lipinski definition) is 6. The predicted octanol–water partition coefficient (Wildman–Crippen LogP) is 6.50. The number of nitrogen functional groups attached to an aromatic ring is 1. The Balaban J connectivity index is 1.21. The first-order valence-electron chi connectivity index (χ1n) is 12.0. The average Bonchev–Trinajstić information content (AvgIpc) is 3.36. The van der Waals surface area contributed by atoms with Gasteiger partial charge < -0.3 is 24.5 Å². The van der Waals surface area contributed by atoms with Crippen LogP contribution in [0.5, 0.6) is 17.2 Å². The van der Waals surface area contributed by atoms with Crippen LogP contribution in [0.25, 0.3) is 16.7 Å². The number of hydrogen-bond donors (Lipinski definition) is 1. The van der Waals surface area contributed by atoms with Crippen molar-refractivity contribution in [2.24, 2.45) is 0 Å². The van der Waals surface area contributed by atoms with Gasteiger partial charge in [-0.1, -0.05) is 18.2 Å². The fraction of sp³-hybridized carbons (Fsp3) is 0.172. The summed E-state index contributed by atoms with van der Waals surface area (Å²) in [7, 11) is 0. The normalized spacial score (nSPS) is 16.8. The van der Waals surface area contributed by atoms with Gasteiger partial charge in [-0.15, -0.1) is 0 Å². The molecule has 0 spiro atoms. The number of rotatable bonds is 6. The molecule has 186 valence electrons. The van der Waals surface area contributed by atoms with Gasteiger partial charge in [0.1, 0.15) is 47.0 Å². The van der Waals surface area contributed by atoms with E-state index in [1.807, 2.05) is 55.5 Å². The largest absolute Gasteiger partial charge is 0.489 e. The van der Waals surface area contributed by atoms with E-state index in [1.165, 1.54) is 18.5 Å². The minimum absolute atomic E-state index is 0.0573. The third-order valence-electron chi connectivity index (χ3n) is 6.48. The van der Waals surface area contributed by atoms with Crippen LogP contribution in [0.1, 0.15) is 30.7 Å². The number of nitrogens with zero attached hydrogens (tertiary/aromatic N) is 3. The number of anilines is 1. The van der Waals surface area contributed by atoms with Gasteiger partial charge >= 0.3 is 0 Å². The van der Waals surface area contributed by atoms with E-state index in [2.05, 4.69) is 14.5 Å². The van der Waals surface area contributed by atoms with Crippen LogP contribution >= 0.6 is 0 Å². The highest BCUT2D eigenvalue weighted by atomic mass is 19.1. The molecule has 7 nitrogen and oxygen atoms in total. The van der Waals surface area contributed by atoms with Gasteiger partial charge in [-0.05, 0) is 67.5 Å². The Labute approximate surface area is 213 Å². The zero-order valence-corrected chi connectivity index (χ0v) is 20.2. The van der Waals surface area contributed by atoms with Crippen molar-refractivity contribution >= 4 is 16.9 Å². The second-order valence-electron chi connectivity index (χ2n) is 8.95. The number of aromatic nitrogens is 3. The number of allylic oxidation sites excluding steroid dienone is 5. The van der Waals surface area contributed by atoms with E-state index in [-0.39, 0.29) is 11.9 Å². The van der Waals surface area contributed by atoms with Crippen LogP contribution in [-0.4, -0.2) is 21.1 Å². The minimum atomic E-state index is -0.259. The molecule has 0 saturated carbocycles. The number of ether oxygens (including phenoxy) is 3. The molecule has 2 aromatic heterocycles. The van der Waals surface area contributed by atoms with Crippen molar-refractivity contribution in [2.75, 3.05) is 12.3 Å². The Kier molecular flexibility index (Phi) is 5.94. The van der Waals surface area contributed by atoms with Crippen molar-refractivity contribution in [3.8, 4) is 22.9 Å². The third-order valence-corrected chi connectivity index (χ3v) is 6.48. The lowest BCUT2D eigenvalue weighted by Gasteiger charge is -2.13. The molecule has 0 amide bonds. The first-order chi connectivity index (χ1) is 18.1. The van der Waals surface area contributed by atoms with E-state index in [9.17, 15) is 4.39 Å². The summed E-state index contributed by atoms with van der Waals surface area (Å²) in [5.41, 5.74) is 11.9. The van der Waals surface area contributed by atoms with Crippen LogP contribution in [0.2, 0.25) is 0 Å². The van der Waals surface area contributed by atoms with Crippen LogP contribution in [-0.2, 0) is 11.3 Å². The Bertz CT molecular complexity index is 1570. The highest BCUT2D eigenvalue weighted by molar-refractivity contribution is 5.91. The van der Waals surface area contributed by atoms with E-state index in [0.717, 1.165) is 33.6 Å². The van der Waals surface area contributed by atoms with Crippen LogP contribution in [0.4, 0.5) is 10.2 Å². The highest BCUT2D eigenvalue weighted by Gasteiger charge is 2.30. The molecule has 8 heteroatoms. The number of halogens is 1. The van der Waals surface area contributed by atoms with Gasteiger partial charge in [-0.2, -0.15) is 0 Å². The molecule has 2 N–H and O–H groups in total. The maximum absolute atomic E-state index is 13.4. The van der Waals surface area contributed by atoms with Gasteiger partial charge in [0.25, 0.3) is 0 Å². The zero-order chi connectivity index (χ0) is 25.4. The molecule has 3 heterocycles. The lowest BCUT2D eigenvalue weighted by molar-refractivity contribution is 0.0783. The molecule has 1 aliphatic carbocycles. The van der Waals surface area contributed by atoms with Gasteiger partial charge in [0.05, 0.1) is 18.4 Å². The molecule has 0 saturated heterocycles. The minimum Gasteiger partial charge on any atom is -0.489 e. The van der Waals surface area contributed by atoms with Gasteiger partial charge in [0.15, 0.2) is 5.82 Å². The topological polar surface area (TPSA) is 84.4 Å². The fourth-order valence-corrected chi connectivity index (χ4v) is 4.70. The average molecular weight is 497 g/mol. The van der Waals surface area contributed by atoms with Crippen molar-refractivity contribution in [3.63, 3.8) is 0 Å². The molecule has 4 aromatic rings. The molecule has 1 aliphatic heterocycles. The van der Waals surface area contributed by atoms with Crippen molar-refractivity contribution in [3.05, 3.63) is 102 Å². The van der Waals surface area contributed by atoms with Gasteiger partial charge in [0, 0.05) is 17.3 Å². The van der Waals surface area contributed by atoms with E-state index in [1.54, 1.807) is 12.2 Å². The molecule has 2 aliphatic rings. The summed E-state index contributed by atoms with van der Waals surface area (Å²) in [6.07, 6.45) is 8.54. The molecule has 37 heavy (non-hydrogen) atoms. The summed E-state index contributed by atoms with van der Waals surface area (Å²) in [6, 6.07) is 15.2. The van der Waals surface area contributed by atoms with Crippen molar-refractivity contribution in [2.45, 2.75) is 26.1 Å². The molecule has 1 atom stereocenters. The maximum atomic E-state index is 13.4. The Morgan fingerprint density at radius 1 is 1.08 bits per heavy atom. The Hall–Kier alpha value is -4.43. The van der Waals surface area contributed by atoms with Gasteiger partial charge in [-0.3, -0.25) is 0 Å². The molecule has 0 bridgehead atoms. The quantitative estimate of drug-likeness (QED) is 0.328. The van der Waals surface area contributed by atoms with Crippen molar-refractivity contribution in [1.82, 2.24) is 14.5 Å². The third kappa shape index (κ3) is 4.47. The number of fused-ring (bicyclic) bond motifs is 3. The second kappa shape index (κ2) is 9.55. The molecule has 2 aromatic carbocycles. The van der Waals surface area contributed by atoms with Crippen LogP contribution in [0.3, 0.4) is 0 Å². The Morgan fingerprint density at radius 2 is 1.92 bits per heavy atom. The van der Waals surface area contributed by atoms with Crippen molar-refractivity contribution in [1.29, 1.82) is 0 Å². The lowest BCUT2D eigenvalue weighted by Crippen LogP contribution is -2.03. The first-order valence-corrected chi connectivity index (χ1v) is 12.0. The summed E-state index contributed by atoms with van der Waals surface area (Å²) < 4.78 is 33.3. The summed E-state index contributed by atoms with van der Waals surface area (Å²) in [4.78, 5) is 8.70. The molecular weight excluding hydrogens is 471 g/mol. The first kappa shape index (κ1) is 23.0. The van der Waals surface area contributed by atoms with E-state index in [4.69, 9.17) is 19.9 Å². The summed E-state index contributed by atoms with van der Waals surface area (Å²) >= 11 is 0. The summed E-state index contributed by atoms with van der Waals surface area (Å²) in [5, 5.41) is 0. The zero-order valence-electron chi connectivity index (χ0n) is 20.2. The lowest BCUT2D eigenvalue weighted by atomic mass is 10.1. The molecule has 0 fully saturated rings. The van der Waals surface area contributed by atoms with Crippen LogP contribution in [0.15, 0.2) is 90.6 Å². The van der Waals surface area contributed by atoms with Gasteiger partial charge in [0.2, 0.25) is 0 Å².